The van der Waals surface area contributed by atoms with Crippen LogP contribution in [-0.4, -0.2) is 0 Å². The van der Waals surface area contributed by atoms with E-state index in [2.05, 4.69) is 66.8 Å². The lowest BCUT2D eigenvalue weighted by Gasteiger charge is -2.20. The molecule has 0 spiro atoms. The predicted octanol–water partition coefficient (Wildman–Crippen LogP) is 3.79. The lowest BCUT2D eigenvalue weighted by Crippen LogP contribution is -2.15. The van der Waals surface area contributed by atoms with Gasteiger partial charge >= 0.3 is 0 Å². The van der Waals surface area contributed by atoms with E-state index in [-0.39, 0.29) is 0 Å². The van der Waals surface area contributed by atoms with Crippen molar-refractivity contribution >= 4 is 39.8 Å². The molecule has 0 heterocycles. The van der Waals surface area contributed by atoms with E-state index in [1.54, 1.807) is 0 Å². The Morgan fingerprint density at radius 2 is 2.05 bits per heavy atom. The highest BCUT2D eigenvalue weighted by atomic mass is 14.3. The van der Waals surface area contributed by atoms with Crippen molar-refractivity contribution in [2.75, 3.05) is 0 Å². The summed E-state index contributed by atoms with van der Waals surface area (Å²) < 4.78 is 0. The Bertz CT molecular complexity index is 1190. The van der Waals surface area contributed by atoms with Crippen LogP contribution in [0.3, 0.4) is 0 Å². The number of fused-ring (bicyclic) bond motifs is 2. The molecule has 0 bridgehead atoms. The van der Waals surface area contributed by atoms with E-state index >= 15 is 0 Å². The average Bonchev–Trinajstić information content (AvgIpc) is 2.95. The molecule has 0 radical (unpaired) electrons. The van der Waals surface area contributed by atoms with Crippen LogP contribution in [0.2, 0.25) is 0 Å². The van der Waals surface area contributed by atoms with E-state index in [0.29, 0.717) is 5.92 Å². The molecule has 0 fully saturated rings. The largest absolute Gasteiger partial charge is 0.0801 e. The van der Waals surface area contributed by atoms with E-state index in [9.17, 15) is 0 Å². The smallest absolute Gasteiger partial charge is 0.0223 e. The first-order valence-electron chi connectivity index (χ1n) is 7.98. The first-order valence-corrected chi connectivity index (χ1v) is 7.98. The maximum atomic E-state index is 2.42. The second kappa shape index (κ2) is 3.59. The summed E-state index contributed by atoms with van der Waals surface area (Å²) in [6.45, 7) is 0. The van der Waals surface area contributed by atoms with Crippen molar-refractivity contribution in [3.63, 3.8) is 0 Å². The van der Waals surface area contributed by atoms with E-state index in [4.69, 9.17) is 0 Å². The summed E-state index contributed by atoms with van der Waals surface area (Å²) in [6.07, 6.45) is 14.9. The van der Waals surface area contributed by atoms with Crippen LogP contribution >= 0.6 is 0 Å². The lowest BCUT2D eigenvalue weighted by atomic mass is 9.83. The minimum Gasteiger partial charge on any atom is -0.0801 e. The molecule has 0 aromatic heterocycles. The van der Waals surface area contributed by atoms with Gasteiger partial charge in [-0.25, -0.2) is 0 Å². The topological polar surface area (TPSA) is 0 Å². The number of rotatable bonds is 0. The van der Waals surface area contributed by atoms with Crippen LogP contribution in [0.4, 0.5) is 0 Å². The molecule has 22 heavy (non-hydrogen) atoms. The summed E-state index contributed by atoms with van der Waals surface area (Å²) in [5.41, 5.74) is 4.39. The maximum absolute atomic E-state index is 2.42. The van der Waals surface area contributed by atoms with Gasteiger partial charge in [0.15, 0.2) is 0 Å². The molecule has 3 aliphatic carbocycles. The first-order chi connectivity index (χ1) is 10.9. The van der Waals surface area contributed by atoms with Crippen molar-refractivity contribution in [2.24, 2.45) is 0 Å². The number of allylic oxidation sites excluding steroid dienone is 3. The van der Waals surface area contributed by atoms with Gasteiger partial charge in [0, 0.05) is 5.92 Å². The Balaban J connectivity index is 2.00. The molecule has 0 saturated heterocycles. The van der Waals surface area contributed by atoms with Gasteiger partial charge in [-0.05, 0) is 61.2 Å². The SMILES string of the molecule is C1=CCc2cc3c4c5c6c(cccc6cc4c2=C1)=CC5C=C3. The average molecular weight is 278 g/mol. The summed E-state index contributed by atoms with van der Waals surface area (Å²) in [4.78, 5) is 0. The van der Waals surface area contributed by atoms with E-state index in [0.717, 1.165) is 6.42 Å². The lowest BCUT2D eigenvalue weighted by molar-refractivity contribution is 1.19. The Hall–Kier alpha value is -2.60. The summed E-state index contributed by atoms with van der Waals surface area (Å²) in [6, 6.07) is 11.5. The molecule has 0 amide bonds. The predicted molar refractivity (Wildman–Crippen MR) is 94.3 cm³/mol. The van der Waals surface area contributed by atoms with Crippen LogP contribution < -0.4 is 10.4 Å². The summed E-state index contributed by atoms with van der Waals surface area (Å²) in [7, 11) is 0. The van der Waals surface area contributed by atoms with Crippen LogP contribution in [0.1, 0.15) is 22.6 Å². The number of hydrogen-bond donors (Lipinski definition) is 0. The molecule has 0 aliphatic heterocycles. The van der Waals surface area contributed by atoms with Gasteiger partial charge in [-0.1, -0.05) is 60.7 Å². The van der Waals surface area contributed by atoms with E-state index in [1.807, 2.05) is 0 Å². The van der Waals surface area contributed by atoms with Crippen molar-refractivity contribution in [2.45, 2.75) is 12.3 Å². The van der Waals surface area contributed by atoms with Crippen molar-refractivity contribution in [1.82, 2.24) is 0 Å². The quantitative estimate of drug-likeness (QED) is 0.549. The Morgan fingerprint density at radius 3 is 3.05 bits per heavy atom. The molecule has 3 aromatic rings. The summed E-state index contributed by atoms with van der Waals surface area (Å²) in [5, 5.41) is 8.59. The van der Waals surface area contributed by atoms with Gasteiger partial charge in [0.2, 0.25) is 0 Å². The van der Waals surface area contributed by atoms with Gasteiger partial charge in [0.05, 0.1) is 0 Å². The maximum Gasteiger partial charge on any atom is 0.0223 e. The van der Waals surface area contributed by atoms with Gasteiger partial charge in [0.1, 0.15) is 0 Å². The van der Waals surface area contributed by atoms with Crippen LogP contribution in [0.25, 0.3) is 39.8 Å². The third kappa shape index (κ3) is 1.16. The van der Waals surface area contributed by atoms with Gasteiger partial charge in [-0.15, -0.1) is 0 Å². The minimum atomic E-state index is 0.452. The standard InChI is InChI=1S/C22H14/c1-2-7-18-13(4-1)10-16-8-9-17-11-14-5-3-6-15-12-19(18)21(16)22(17)20(14)15/h1-3,5-12,17H,4H2. The molecule has 102 valence electrons. The van der Waals surface area contributed by atoms with Crippen LogP contribution in [0, 0.1) is 0 Å². The molecule has 0 N–H and O–H groups in total. The zero-order valence-corrected chi connectivity index (χ0v) is 12.1. The van der Waals surface area contributed by atoms with Gasteiger partial charge in [0.25, 0.3) is 0 Å². The second-order valence-corrected chi connectivity index (χ2v) is 6.55. The molecule has 6 rings (SSSR count). The van der Waals surface area contributed by atoms with Crippen LogP contribution in [0.15, 0.2) is 48.6 Å². The van der Waals surface area contributed by atoms with E-state index in [1.165, 1.54) is 48.7 Å². The molecular formula is C22H14. The Labute approximate surface area is 128 Å². The molecule has 1 unspecified atom stereocenters. The molecule has 3 aliphatic rings. The molecule has 3 aromatic carbocycles. The summed E-state index contributed by atoms with van der Waals surface area (Å²) in [5.74, 6) is 0.452. The fourth-order valence-electron chi connectivity index (χ4n) is 4.52. The molecule has 0 nitrogen and oxygen atoms in total. The zero-order valence-electron chi connectivity index (χ0n) is 12.1. The normalized spacial score (nSPS) is 19.5. The number of benzene rings is 3. The minimum absolute atomic E-state index is 0.452. The van der Waals surface area contributed by atoms with Crippen LogP contribution in [0.5, 0.6) is 0 Å². The van der Waals surface area contributed by atoms with Gasteiger partial charge in [-0.3, -0.25) is 0 Å². The second-order valence-electron chi connectivity index (χ2n) is 6.55. The van der Waals surface area contributed by atoms with Crippen molar-refractivity contribution < 1.29 is 0 Å². The monoisotopic (exact) mass is 278 g/mol. The molecule has 0 saturated carbocycles. The molecular weight excluding hydrogens is 264 g/mol. The third-order valence-corrected chi connectivity index (χ3v) is 5.40. The molecule has 0 heteroatoms. The van der Waals surface area contributed by atoms with Crippen molar-refractivity contribution in [3.8, 4) is 0 Å². The van der Waals surface area contributed by atoms with Crippen LogP contribution in [-0.2, 0) is 6.42 Å². The zero-order chi connectivity index (χ0) is 14.3. The van der Waals surface area contributed by atoms with Gasteiger partial charge in [-0.2, -0.15) is 0 Å². The van der Waals surface area contributed by atoms with Crippen molar-refractivity contribution in [3.05, 3.63) is 75.7 Å². The van der Waals surface area contributed by atoms with E-state index < -0.39 is 0 Å². The highest BCUT2D eigenvalue weighted by molar-refractivity contribution is 6.10. The highest BCUT2D eigenvalue weighted by Gasteiger charge is 2.24. The van der Waals surface area contributed by atoms with Gasteiger partial charge < -0.3 is 0 Å². The third-order valence-electron chi connectivity index (χ3n) is 5.40. The fraction of sp³-hybridized carbons (Fsp3) is 0.0909. The Morgan fingerprint density at radius 1 is 1.05 bits per heavy atom. The fourth-order valence-corrected chi connectivity index (χ4v) is 4.52. The summed E-state index contributed by atoms with van der Waals surface area (Å²) >= 11 is 0. The number of hydrogen-bond acceptors (Lipinski definition) is 0. The highest BCUT2D eigenvalue weighted by Crippen LogP contribution is 2.41. The molecule has 1 atom stereocenters. The first kappa shape index (κ1) is 11.0. The van der Waals surface area contributed by atoms with Crippen molar-refractivity contribution in [1.29, 1.82) is 0 Å². The Kier molecular flexibility index (Phi) is 1.80.